The Morgan fingerprint density at radius 2 is 2.11 bits per heavy atom. The zero-order valence-corrected chi connectivity index (χ0v) is 15.4. The summed E-state index contributed by atoms with van der Waals surface area (Å²) in [6, 6.07) is 8.18. The highest BCUT2D eigenvalue weighted by Crippen LogP contribution is 2.20. The molecular weight excluding hydrogens is 334 g/mol. The van der Waals surface area contributed by atoms with Gasteiger partial charge in [0.1, 0.15) is 17.5 Å². The highest BCUT2D eigenvalue weighted by molar-refractivity contribution is 5.91. The summed E-state index contributed by atoms with van der Waals surface area (Å²) < 4.78 is 0. The molecule has 5 heteroatoms. The lowest BCUT2D eigenvalue weighted by Gasteiger charge is -2.28. The number of nitrogens with one attached hydrogen (secondary N) is 2. The van der Waals surface area contributed by atoms with Crippen LogP contribution >= 0.6 is 0 Å². The Morgan fingerprint density at radius 1 is 1.22 bits per heavy atom. The van der Waals surface area contributed by atoms with Gasteiger partial charge in [-0.15, -0.1) is 0 Å². The normalized spacial score (nSPS) is 20.4. The molecule has 5 nitrogen and oxygen atoms in total. The van der Waals surface area contributed by atoms with Gasteiger partial charge in [-0.3, -0.25) is 4.90 Å². The number of rotatable bonds is 8. The van der Waals surface area contributed by atoms with Crippen molar-refractivity contribution in [3.63, 3.8) is 0 Å². The molecular formula is C22H25N5. The lowest BCUT2D eigenvalue weighted by atomic mass is 10.1. The second-order valence-electron chi connectivity index (χ2n) is 6.99. The Hall–Kier alpha value is -2.92. The fourth-order valence-electron chi connectivity index (χ4n) is 3.54. The molecule has 2 aromatic rings. The molecule has 1 atom stereocenters. The molecule has 0 saturated heterocycles. The minimum absolute atomic E-state index is 0.612. The number of fused-ring (bicyclic) bond motifs is 1. The Labute approximate surface area is 159 Å². The molecule has 4 rings (SSSR count). The molecule has 0 radical (unpaired) electrons. The third kappa shape index (κ3) is 4.44. The predicted molar refractivity (Wildman–Crippen MR) is 111 cm³/mol. The van der Waals surface area contributed by atoms with Crippen LogP contribution in [0.4, 0.5) is 0 Å². The SMILES string of the molecule is C=C/C=C\C=C1/N=C(CN(Cc2nc3ccccc3[nH]2)CC2C=CCC2)N1. The average molecular weight is 359 g/mol. The summed E-state index contributed by atoms with van der Waals surface area (Å²) in [5.41, 5.74) is 2.11. The van der Waals surface area contributed by atoms with E-state index >= 15 is 0 Å². The van der Waals surface area contributed by atoms with Gasteiger partial charge < -0.3 is 10.3 Å². The smallest absolute Gasteiger partial charge is 0.133 e. The number of aromatic nitrogens is 2. The molecule has 0 amide bonds. The quantitative estimate of drug-likeness (QED) is 0.555. The number of hydrogen-bond donors (Lipinski definition) is 2. The van der Waals surface area contributed by atoms with Crippen LogP contribution in [-0.2, 0) is 6.54 Å². The topological polar surface area (TPSA) is 56.3 Å². The molecule has 1 aliphatic heterocycles. The predicted octanol–water partition coefficient (Wildman–Crippen LogP) is 3.92. The fourth-order valence-corrected chi connectivity index (χ4v) is 3.54. The van der Waals surface area contributed by atoms with Crippen LogP contribution in [0, 0.1) is 5.92 Å². The van der Waals surface area contributed by atoms with E-state index in [4.69, 9.17) is 4.98 Å². The molecule has 1 aromatic heterocycles. The van der Waals surface area contributed by atoms with Gasteiger partial charge >= 0.3 is 0 Å². The third-order valence-electron chi connectivity index (χ3n) is 4.82. The third-order valence-corrected chi connectivity index (χ3v) is 4.82. The summed E-state index contributed by atoms with van der Waals surface area (Å²) >= 11 is 0. The standard InChI is InChI=1S/C22H25N5/c1-2-3-4-13-20-25-22(26-20)16-27(14-17-9-5-6-10-17)15-21-23-18-11-7-8-12-19(18)24-21/h2-5,7-9,11-13,17H,1,6,10,14-16H2,(H,23,24)(H,25,26)/b4-3-. The van der Waals surface area contributed by atoms with Crippen molar-refractivity contribution in [1.29, 1.82) is 0 Å². The summed E-state index contributed by atoms with van der Waals surface area (Å²) in [5, 5.41) is 3.34. The number of allylic oxidation sites excluding steroid dienone is 5. The lowest BCUT2D eigenvalue weighted by Crippen LogP contribution is -2.43. The number of imidazole rings is 1. The molecule has 27 heavy (non-hydrogen) atoms. The Kier molecular flexibility index (Phi) is 5.30. The number of amidine groups is 1. The van der Waals surface area contributed by atoms with Crippen molar-refractivity contribution in [3.05, 3.63) is 78.9 Å². The van der Waals surface area contributed by atoms with E-state index in [1.807, 2.05) is 36.4 Å². The maximum absolute atomic E-state index is 4.74. The van der Waals surface area contributed by atoms with Crippen LogP contribution < -0.4 is 5.32 Å². The zero-order valence-electron chi connectivity index (χ0n) is 15.4. The summed E-state index contributed by atoms with van der Waals surface area (Å²) in [5.74, 6) is 3.52. The van der Waals surface area contributed by atoms with Crippen LogP contribution in [0.3, 0.4) is 0 Å². The van der Waals surface area contributed by atoms with Gasteiger partial charge in [0.2, 0.25) is 0 Å². The van der Waals surface area contributed by atoms with Gasteiger partial charge in [0, 0.05) is 6.54 Å². The number of hydrogen-bond acceptors (Lipinski definition) is 4. The molecule has 0 fully saturated rings. The van der Waals surface area contributed by atoms with Crippen molar-refractivity contribution in [2.45, 2.75) is 19.4 Å². The molecule has 0 bridgehead atoms. The monoisotopic (exact) mass is 359 g/mol. The maximum Gasteiger partial charge on any atom is 0.133 e. The van der Waals surface area contributed by atoms with E-state index in [-0.39, 0.29) is 0 Å². The van der Waals surface area contributed by atoms with Crippen molar-refractivity contribution in [1.82, 2.24) is 20.2 Å². The highest BCUT2D eigenvalue weighted by atomic mass is 15.3. The van der Waals surface area contributed by atoms with Crippen molar-refractivity contribution >= 4 is 16.9 Å². The van der Waals surface area contributed by atoms with Crippen molar-refractivity contribution in [2.24, 2.45) is 10.9 Å². The Bertz CT molecular complexity index is 898. The van der Waals surface area contributed by atoms with Gasteiger partial charge in [-0.25, -0.2) is 9.98 Å². The molecule has 1 aromatic carbocycles. The van der Waals surface area contributed by atoms with Crippen LogP contribution in [0.15, 0.2) is 78.1 Å². The molecule has 2 aliphatic rings. The Morgan fingerprint density at radius 3 is 2.89 bits per heavy atom. The lowest BCUT2D eigenvalue weighted by molar-refractivity contribution is 0.263. The van der Waals surface area contributed by atoms with E-state index in [0.717, 1.165) is 48.1 Å². The molecule has 1 aliphatic carbocycles. The number of nitrogens with zero attached hydrogens (tertiary/aromatic N) is 3. The number of H-pyrrole nitrogens is 1. The first kappa shape index (κ1) is 17.5. The van der Waals surface area contributed by atoms with Gasteiger partial charge in [0.05, 0.1) is 24.1 Å². The first-order valence-electron chi connectivity index (χ1n) is 9.47. The summed E-state index contributed by atoms with van der Waals surface area (Å²) in [7, 11) is 0. The molecule has 1 unspecified atom stereocenters. The number of aromatic amines is 1. The molecule has 0 spiro atoms. The minimum Gasteiger partial charge on any atom is -0.341 e. The Balaban J connectivity index is 1.45. The summed E-state index contributed by atoms with van der Waals surface area (Å²) in [4.78, 5) is 15.2. The first-order chi connectivity index (χ1) is 13.3. The van der Waals surface area contributed by atoms with Gasteiger partial charge in [-0.2, -0.15) is 0 Å². The van der Waals surface area contributed by atoms with Crippen LogP contribution in [0.5, 0.6) is 0 Å². The summed E-state index contributed by atoms with van der Waals surface area (Å²) in [6.07, 6.45) is 14.6. The van der Waals surface area contributed by atoms with Gasteiger partial charge in [-0.05, 0) is 37.0 Å². The van der Waals surface area contributed by atoms with E-state index in [1.165, 1.54) is 12.8 Å². The van der Waals surface area contributed by atoms with E-state index < -0.39 is 0 Å². The van der Waals surface area contributed by atoms with Crippen molar-refractivity contribution in [3.8, 4) is 0 Å². The second kappa shape index (κ2) is 8.18. The van der Waals surface area contributed by atoms with E-state index in [1.54, 1.807) is 6.08 Å². The van der Waals surface area contributed by atoms with Gasteiger partial charge in [-0.1, -0.05) is 49.1 Å². The van der Waals surface area contributed by atoms with Crippen LogP contribution in [0.25, 0.3) is 11.0 Å². The van der Waals surface area contributed by atoms with E-state index in [2.05, 4.69) is 45.0 Å². The van der Waals surface area contributed by atoms with Crippen LogP contribution in [0.1, 0.15) is 18.7 Å². The maximum atomic E-state index is 4.74. The molecule has 2 heterocycles. The van der Waals surface area contributed by atoms with Crippen molar-refractivity contribution in [2.75, 3.05) is 13.1 Å². The molecule has 0 saturated carbocycles. The highest BCUT2D eigenvalue weighted by Gasteiger charge is 2.21. The first-order valence-corrected chi connectivity index (χ1v) is 9.47. The van der Waals surface area contributed by atoms with Crippen molar-refractivity contribution < 1.29 is 0 Å². The van der Waals surface area contributed by atoms with E-state index in [0.29, 0.717) is 5.92 Å². The molecule has 138 valence electrons. The van der Waals surface area contributed by atoms with Gasteiger partial charge in [0.15, 0.2) is 0 Å². The average Bonchev–Trinajstić information content (AvgIpc) is 3.28. The van der Waals surface area contributed by atoms with Crippen LogP contribution in [-0.4, -0.2) is 33.8 Å². The number of para-hydroxylation sites is 2. The second-order valence-corrected chi connectivity index (χ2v) is 6.99. The summed E-state index contributed by atoms with van der Waals surface area (Å²) in [6.45, 7) is 6.27. The number of aliphatic imine (C=N–C) groups is 1. The largest absolute Gasteiger partial charge is 0.341 e. The van der Waals surface area contributed by atoms with E-state index in [9.17, 15) is 0 Å². The van der Waals surface area contributed by atoms with Crippen LogP contribution in [0.2, 0.25) is 0 Å². The minimum atomic E-state index is 0.612. The fraction of sp³-hybridized carbons (Fsp3) is 0.273. The molecule has 2 N–H and O–H groups in total. The zero-order chi connectivity index (χ0) is 18.5. The van der Waals surface area contributed by atoms with Gasteiger partial charge in [0.25, 0.3) is 0 Å². The number of benzene rings is 1.